The molecule has 0 aromatic carbocycles. The zero-order chi connectivity index (χ0) is 18.5. The largest absolute Gasteiger partial charge is 0.341 e. The van der Waals surface area contributed by atoms with Crippen molar-refractivity contribution in [2.75, 3.05) is 39.5 Å². The highest BCUT2D eigenvalue weighted by Crippen LogP contribution is 2.26. The summed E-state index contributed by atoms with van der Waals surface area (Å²) in [7, 11) is 6.04. The first kappa shape index (κ1) is 18.9. The van der Waals surface area contributed by atoms with Crippen LogP contribution >= 0.6 is 11.8 Å². The Hall–Kier alpha value is -1.87. The highest BCUT2D eigenvalue weighted by molar-refractivity contribution is 7.99. The summed E-state index contributed by atoms with van der Waals surface area (Å²) in [6, 6.07) is 0. The molecule has 0 unspecified atom stereocenters. The Morgan fingerprint density at radius 1 is 1.42 bits per heavy atom. The van der Waals surface area contributed by atoms with Gasteiger partial charge in [-0.05, 0) is 26.9 Å². The maximum Gasteiger partial charge on any atom is 0.233 e. The number of thioether (sulfide) groups is 1. The van der Waals surface area contributed by atoms with Crippen LogP contribution in [0.5, 0.6) is 0 Å². The molecular formula is C17H27N7OS. The van der Waals surface area contributed by atoms with Crippen molar-refractivity contribution in [3.63, 3.8) is 0 Å². The number of likely N-dealkylation sites (N-methyl/N-ethyl adjacent to an activating group) is 1. The van der Waals surface area contributed by atoms with Gasteiger partial charge in [-0.25, -0.2) is 4.98 Å². The van der Waals surface area contributed by atoms with Crippen LogP contribution in [0.25, 0.3) is 0 Å². The number of carbonyl (C=O) groups excluding carboxylic acids is 1. The summed E-state index contributed by atoms with van der Waals surface area (Å²) in [6.45, 7) is 3.48. The number of rotatable bonds is 7. The number of imidazole rings is 1. The molecule has 0 aliphatic carbocycles. The lowest BCUT2D eigenvalue weighted by Crippen LogP contribution is -2.40. The third-order valence-electron chi connectivity index (χ3n) is 4.67. The van der Waals surface area contributed by atoms with E-state index in [1.807, 2.05) is 28.9 Å². The Labute approximate surface area is 158 Å². The summed E-state index contributed by atoms with van der Waals surface area (Å²) in [5, 5.41) is 8.64. The summed E-state index contributed by atoms with van der Waals surface area (Å²) in [6.07, 6.45) is 7.67. The number of hydrogen-bond acceptors (Lipinski definition) is 6. The Morgan fingerprint density at radius 2 is 2.27 bits per heavy atom. The molecule has 3 heterocycles. The minimum atomic E-state index is 0.161. The number of aromatic nitrogens is 5. The van der Waals surface area contributed by atoms with E-state index in [4.69, 9.17) is 0 Å². The van der Waals surface area contributed by atoms with Gasteiger partial charge < -0.3 is 18.9 Å². The van der Waals surface area contributed by atoms with Gasteiger partial charge in [0, 0.05) is 51.5 Å². The molecule has 3 rings (SSSR count). The smallest absolute Gasteiger partial charge is 0.233 e. The number of hydrogen-bond donors (Lipinski definition) is 0. The van der Waals surface area contributed by atoms with Crippen LogP contribution in [0.15, 0.2) is 23.9 Å². The standard InChI is InChI=1S/C17H27N7OS/c1-21(2)9-10-23-8-6-18-16(23)14-5-4-7-24(11-14)15(25)12-26-17-20-19-13-22(17)3/h6,8,13-14H,4-5,7,9-12H2,1-3H3/t14-/m0/s1. The highest BCUT2D eigenvalue weighted by Gasteiger charge is 2.27. The Kier molecular flexibility index (Phi) is 6.31. The van der Waals surface area contributed by atoms with Gasteiger partial charge in [-0.3, -0.25) is 4.79 Å². The van der Waals surface area contributed by atoms with Gasteiger partial charge in [0.2, 0.25) is 5.91 Å². The molecule has 1 aliphatic rings. The molecule has 1 aliphatic heterocycles. The van der Waals surface area contributed by atoms with Crippen molar-refractivity contribution >= 4 is 17.7 Å². The topological polar surface area (TPSA) is 72.1 Å². The van der Waals surface area contributed by atoms with Crippen molar-refractivity contribution in [3.05, 3.63) is 24.5 Å². The molecule has 0 radical (unpaired) electrons. The van der Waals surface area contributed by atoms with E-state index in [9.17, 15) is 4.79 Å². The summed E-state index contributed by atoms with van der Waals surface area (Å²) in [4.78, 5) is 21.4. The zero-order valence-corrected chi connectivity index (χ0v) is 16.5. The number of aryl methyl sites for hydroxylation is 1. The van der Waals surface area contributed by atoms with Crippen LogP contribution < -0.4 is 0 Å². The molecular weight excluding hydrogens is 350 g/mol. The van der Waals surface area contributed by atoms with Gasteiger partial charge in [0.05, 0.1) is 5.75 Å². The molecule has 0 saturated carbocycles. The van der Waals surface area contributed by atoms with Crippen molar-refractivity contribution < 1.29 is 4.79 Å². The Morgan fingerprint density at radius 3 is 3.00 bits per heavy atom. The summed E-state index contributed by atoms with van der Waals surface area (Å²) in [5.74, 6) is 1.97. The number of piperidine rings is 1. The van der Waals surface area contributed by atoms with Crippen molar-refractivity contribution in [1.82, 2.24) is 34.1 Å². The van der Waals surface area contributed by atoms with E-state index in [1.54, 1.807) is 6.33 Å². The molecule has 142 valence electrons. The van der Waals surface area contributed by atoms with Crippen molar-refractivity contribution in [1.29, 1.82) is 0 Å². The number of amides is 1. The second kappa shape index (κ2) is 8.68. The molecule has 0 N–H and O–H groups in total. The van der Waals surface area contributed by atoms with Crippen LogP contribution in [0.4, 0.5) is 0 Å². The minimum Gasteiger partial charge on any atom is -0.341 e. The number of carbonyl (C=O) groups is 1. The molecule has 0 spiro atoms. The van der Waals surface area contributed by atoms with Gasteiger partial charge in [-0.15, -0.1) is 10.2 Å². The monoisotopic (exact) mass is 377 g/mol. The van der Waals surface area contributed by atoms with Crippen molar-refractivity contribution in [2.45, 2.75) is 30.5 Å². The SMILES string of the molecule is CN(C)CCn1ccnc1[C@H]1CCCN(C(=O)CSc2nncn2C)C1. The normalized spacial score (nSPS) is 17.8. The quantitative estimate of drug-likeness (QED) is 0.672. The molecule has 8 nitrogen and oxygen atoms in total. The van der Waals surface area contributed by atoms with E-state index >= 15 is 0 Å². The van der Waals surface area contributed by atoms with E-state index in [2.05, 4.69) is 38.7 Å². The Bertz CT molecular complexity index is 726. The van der Waals surface area contributed by atoms with Gasteiger partial charge >= 0.3 is 0 Å². The summed E-state index contributed by atoms with van der Waals surface area (Å²) < 4.78 is 4.06. The van der Waals surface area contributed by atoms with Gasteiger partial charge in [0.1, 0.15) is 12.2 Å². The average molecular weight is 378 g/mol. The molecule has 2 aromatic rings. The van der Waals surface area contributed by atoms with E-state index < -0.39 is 0 Å². The zero-order valence-electron chi connectivity index (χ0n) is 15.7. The van der Waals surface area contributed by atoms with Gasteiger partial charge in [0.15, 0.2) is 5.16 Å². The van der Waals surface area contributed by atoms with Crippen LogP contribution in [0.1, 0.15) is 24.6 Å². The molecule has 2 aromatic heterocycles. The fourth-order valence-electron chi connectivity index (χ4n) is 3.21. The molecule has 1 amide bonds. The van der Waals surface area contributed by atoms with Gasteiger partial charge in [0.25, 0.3) is 0 Å². The lowest BCUT2D eigenvalue weighted by molar-refractivity contribution is -0.129. The predicted octanol–water partition coefficient (Wildman–Crippen LogP) is 1.07. The van der Waals surface area contributed by atoms with Crippen LogP contribution in [-0.4, -0.2) is 79.5 Å². The van der Waals surface area contributed by atoms with Crippen molar-refractivity contribution in [3.8, 4) is 0 Å². The maximum absolute atomic E-state index is 12.6. The average Bonchev–Trinajstić information content (AvgIpc) is 3.26. The minimum absolute atomic E-state index is 0.161. The van der Waals surface area contributed by atoms with Gasteiger partial charge in [-0.2, -0.15) is 0 Å². The first-order chi connectivity index (χ1) is 12.5. The molecule has 1 saturated heterocycles. The fraction of sp³-hybridized carbons (Fsp3) is 0.647. The Balaban J connectivity index is 1.58. The fourth-order valence-corrected chi connectivity index (χ4v) is 4.00. The van der Waals surface area contributed by atoms with E-state index in [1.165, 1.54) is 11.8 Å². The number of nitrogens with zero attached hydrogens (tertiary/aromatic N) is 7. The summed E-state index contributed by atoms with van der Waals surface area (Å²) >= 11 is 1.44. The lowest BCUT2D eigenvalue weighted by atomic mass is 9.97. The molecule has 9 heteroatoms. The van der Waals surface area contributed by atoms with Crippen LogP contribution in [0.2, 0.25) is 0 Å². The predicted molar refractivity (Wildman–Crippen MR) is 101 cm³/mol. The first-order valence-corrected chi connectivity index (χ1v) is 9.93. The number of likely N-dealkylation sites (tertiary alicyclic amines) is 1. The maximum atomic E-state index is 12.6. The molecule has 1 atom stereocenters. The van der Waals surface area contributed by atoms with E-state index in [0.717, 1.165) is 50.0 Å². The van der Waals surface area contributed by atoms with E-state index in [-0.39, 0.29) is 5.91 Å². The highest BCUT2D eigenvalue weighted by atomic mass is 32.2. The van der Waals surface area contributed by atoms with E-state index in [0.29, 0.717) is 11.7 Å². The molecule has 26 heavy (non-hydrogen) atoms. The van der Waals surface area contributed by atoms with Crippen LogP contribution in [0.3, 0.4) is 0 Å². The third kappa shape index (κ3) is 4.64. The molecule has 1 fully saturated rings. The molecule has 0 bridgehead atoms. The summed E-state index contributed by atoms with van der Waals surface area (Å²) in [5.41, 5.74) is 0. The second-order valence-electron chi connectivity index (χ2n) is 6.97. The van der Waals surface area contributed by atoms with Crippen molar-refractivity contribution in [2.24, 2.45) is 7.05 Å². The van der Waals surface area contributed by atoms with Gasteiger partial charge in [-0.1, -0.05) is 11.8 Å². The lowest BCUT2D eigenvalue weighted by Gasteiger charge is -2.32. The van der Waals surface area contributed by atoms with Crippen LogP contribution in [-0.2, 0) is 18.4 Å². The first-order valence-electron chi connectivity index (χ1n) is 8.95. The second-order valence-corrected chi connectivity index (χ2v) is 7.92. The van der Waals surface area contributed by atoms with Crippen LogP contribution in [0, 0.1) is 0 Å². The third-order valence-corrected chi connectivity index (χ3v) is 5.69.